The number of hydrogen-bond acceptors (Lipinski definition) is 6. The summed E-state index contributed by atoms with van der Waals surface area (Å²) in [7, 11) is 1.54. The van der Waals surface area contributed by atoms with E-state index in [0.29, 0.717) is 30.1 Å². The van der Waals surface area contributed by atoms with Crippen molar-refractivity contribution < 1.29 is 28.9 Å². The van der Waals surface area contributed by atoms with Gasteiger partial charge in [0.05, 0.1) is 31.4 Å². The molecular weight excluding hydrogens is 458 g/mol. The molecule has 0 aromatic heterocycles. The normalized spacial score (nSPS) is 17.0. The van der Waals surface area contributed by atoms with E-state index in [2.05, 4.69) is 13.8 Å². The van der Waals surface area contributed by atoms with Crippen LogP contribution in [-0.2, 0) is 14.3 Å². The number of methoxy groups -OCH3 is 1. The zero-order chi connectivity index (χ0) is 25.9. The molecule has 1 aliphatic heterocycles. The summed E-state index contributed by atoms with van der Waals surface area (Å²) in [5.41, 5.74) is 1.23. The first-order chi connectivity index (χ1) is 17.5. The van der Waals surface area contributed by atoms with Crippen molar-refractivity contribution in [2.75, 3.05) is 33.5 Å². The molecule has 194 valence electrons. The highest BCUT2D eigenvalue weighted by Crippen LogP contribution is 2.39. The number of aliphatic hydroxyl groups is 1. The quantitative estimate of drug-likeness (QED) is 0.161. The second-order valence-electron chi connectivity index (χ2n) is 8.84. The van der Waals surface area contributed by atoms with E-state index >= 15 is 0 Å². The minimum atomic E-state index is -0.727. The van der Waals surface area contributed by atoms with Gasteiger partial charge < -0.3 is 24.2 Å². The number of Topliss-reactive ketones (excluding diaryl/α,β-unsaturated/α-hetero) is 1. The summed E-state index contributed by atoms with van der Waals surface area (Å²) in [5.74, 6) is -0.164. The average Bonchev–Trinajstić information content (AvgIpc) is 3.15. The molecule has 1 aliphatic rings. The van der Waals surface area contributed by atoms with Crippen LogP contribution in [0.4, 0.5) is 0 Å². The lowest BCUT2D eigenvalue weighted by molar-refractivity contribution is -0.140. The fourth-order valence-electron chi connectivity index (χ4n) is 4.13. The molecule has 2 aromatic rings. The second kappa shape index (κ2) is 13.7. The van der Waals surface area contributed by atoms with Crippen molar-refractivity contribution in [3.8, 4) is 11.5 Å². The third-order valence-electron chi connectivity index (χ3n) is 6.18. The molecule has 1 heterocycles. The standard InChI is InChI=1S/C29H37NO6/c1-4-6-8-19-36-24-15-11-22(12-16-24)27(31)25-26(30(17-20-34-3)29(33)28(25)32)21-9-13-23(14-10-21)35-18-7-5-2/h9-16,26,31H,4-8,17-20H2,1-3H3/b27-25+. The first kappa shape index (κ1) is 27.3. The van der Waals surface area contributed by atoms with E-state index in [9.17, 15) is 14.7 Å². The SMILES string of the molecule is CCCCCOc1ccc(/C(O)=C2\C(=O)C(=O)N(CCOC)C2c2ccc(OCCCC)cc2)cc1. The maximum atomic E-state index is 13.1. The molecule has 2 aromatic carbocycles. The highest BCUT2D eigenvalue weighted by molar-refractivity contribution is 6.46. The highest BCUT2D eigenvalue weighted by atomic mass is 16.5. The molecule has 36 heavy (non-hydrogen) atoms. The number of likely N-dealkylation sites (tertiary alicyclic amines) is 1. The summed E-state index contributed by atoms with van der Waals surface area (Å²) in [6, 6.07) is 13.5. The fourth-order valence-corrected chi connectivity index (χ4v) is 4.13. The van der Waals surface area contributed by atoms with Crippen LogP contribution in [0.25, 0.3) is 5.76 Å². The van der Waals surface area contributed by atoms with Gasteiger partial charge in [-0.25, -0.2) is 0 Å². The smallest absolute Gasteiger partial charge is 0.295 e. The Morgan fingerprint density at radius 2 is 1.42 bits per heavy atom. The minimum absolute atomic E-state index is 0.0624. The van der Waals surface area contributed by atoms with Crippen molar-refractivity contribution in [1.29, 1.82) is 0 Å². The van der Waals surface area contributed by atoms with E-state index in [4.69, 9.17) is 14.2 Å². The summed E-state index contributed by atoms with van der Waals surface area (Å²) in [4.78, 5) is 27.5. The second-order valence-corrected chi connectivity index (χ2v) is 8.84. The monoisotopic (exact) mass is 495 g/mol. The molecule has 0 spiro atoms. The molecule has 7 nitrogen and oxygen atoms in total. The lowest BCUT2D eigenvalue weighted by Gasteiger charge is -2.25. The van der Waals surface area contributed by atoms with E-state index < -0.39 is 17.7 Å². The van der Waals surface area contributed by atoms with E-state index in [1.807, 2.05) is 24.3 Å². The van der Waals surface area contributed by atoms with Crippen LogP contribution in [-0.4, -0.2) is 55.2 Å². The average molecular weight is 496 g/mol. The first-order valence-corrected chi connectivity index (χ1v) is 12.7. The molecule has 1 amide bonds. The Kier molecular flexibility index (Phi) is 10.4. The third-order valence-corrected chi connectivity index (χ3v) is 6.18. The highest BCUT2D eigenvalue weighted by Gasteiger charge is 2.45. The van der Waals surface area contributed by atoms with E-state index in [1.54, 1.807) is 31.4 Å². The van der Waals surface area contributed by atoms with Gasteiger partial charge in [0.15, 0.2) is 0 Å². The van der Waals surface area contributed by atoms with Crippen LogP contribution < -0.4 is 9.47 Å². The molecule has 0 saturated carbocycles. The van der Waals surface area contributed by atoms with Crippen LogP contribution in [0.3, 0.4) is 0 Å². The Morgan fingerprint density at radius 1 is 0.833 bits per heavy atom. The molecule has 0 aliphatic carbocycles. The maximum absolute atomic E-state index is 13.1. The number of hydrogen-bond donors (Lipinski definition) is 1. The Balaban J connectivity index is 1.91. The van der Waals surface area contributed by atoms with Gasteiger partial charge in [-0.15, -0.1) is 0 Å². The number of benzene rings is 2. The summed E-state index contributed by atoms with van der Waals surface area (Å²) in [6.45, 7) is 5.99. The number of rotatable bonds is 14. The van der Waals surface area contributed by atoms with Crippen molar-refractivity contribution in [2.24, 2.45) is 0 Å². The van der Waals surface area contributed by atoms with Crippen molar-refractivity contribution in [1.82, 2.24) is 4.90 Å². The molecule has 7 heteroatoms. The van der Waals surface area contributed by atoms with Crippen LogP contribution in [0.15, 0.2) is 54.1 Å². The van der Waals surface area contributed by atoms with Gasteiger partial charge in [0.1, 0.15) is 17.3 Å². The molecule has 1 unspecified atom stereocenters. The summed E-state index contributed by atoms with van der Waals surface area (Å²) in [5, 5.41) is 11.2. The minimum Gasteiger partial charge on any atom is -0.507 e. The number of amides is 1. The van der Waals surface area contributed by atoms with Crippen molar-refractivity contribution in [3.63, 3.8) is 0 Å². The first-order valence-electron chi connectivity index (χ1n) is 12.7. The molecule has 3 rings (SSSR count). The van der Waals surface area contributed by atoms with Crippen molar-refractivity contribution in [2.45, 2.75) is 52.0 Å². The number of ether oxygens (including phenoxy) is 3. The van der Waals surface area contributed by atoms with Crippen molar-refractivity contribution in [3.05, 3.63) is 65.2 Å². The Labute approximate surface area is 213 Å². The zero-order valence-electron chi connectivity index (χ0n) is 21.5. The van der Waals surface area contributed by atoms with Gasteiger partial charge in [-0.3, -0.25) is 9.59 Å². The number of carbonyl (C=O) groups is 2. The zero-order valence-corrected chi connectivity index (χ0v) is 21.5. The lowest BCUT2D eigenvalue weighted by atomic mass is 9.95. The van der Waals surface area contributed by atoms with E-state index in [1.165, 1.54) is 4.90 Å². The number of nitrogens with zero attached hydrogens (tertiary/aromatic N) is 1. The third kappa shape index (κ3) is 6.66. The maximum Gasteiger partial charge on any atom is 0.295 e. The largest absolute Gasteiger partial charge is 0.507 e. The van der Waals surface area contributed by atoms with Gasteiger partial charge in [-0.05, 0) is 54.8 Å². The van der Waals surface area contributed by atoms with Crippen molar-refractivity contribution >= 4 is 17.4 Å². The predicted octanol–water partition coefficient (Wildman–Crippen LogP) is 5.50. The molecule has 1 fully saturated rings. The summed E-state index contributed by atoms with van der Waals surface area (Å²) in [6.07, 6.45) is 5.20. The van der Waals surface area contributed by atoms with Gasteiger partial charge in [-0.1, -0.05) is 45.2 Å². The van der Waals surface area contributed by atoms with Crippen LogP contribution in [0.2, 0.25) is 0 Å². The number of aliphatic hydroxyl groups excluding tert-OH is 1. The van der Waals surface area contributed by atoms with Gasteiger partial charge in [0.2, 0.25) is 0 Å². The van der Waals surface area contributed by atoms with E-state index in [0.717, 1.165) is 37.9 Å². The van der Waals surface area contributed by atoms with Crippen LogP contribution in [0, 0.1) is 0 Å². The number of unbranched alkanes of at least 4 members (excludes halogenated alkanes) is 3. The van der Waals surface area contributed by atoms with Crippen LogP contribution >= 0.6 is 0 Å². The lowest BCUT2D eigenvalue weighted by Crippen LogP contribution is -2.32. The fraction of sp³-hybridized carbons (Fsp3) is 0.448. The van der Waals surface area contributed by atoms with Gasteiger partial charge in [0.25, 0.3) is 11.7 Å². The van der Waals surface area contributed by atoms with Crippen LogP contribution in [0.1, 0.15) is 63.1 Å². The number of ketones is 1. The van der Waals surface area contributed by atoms with E-state index in [-0.39, 0.29) is 24.5 Å². The molecular formula is C29H37NO6. The molecule has 1 saturated heterocycles. The molecule has 0 radical (unpaired) electrons. The predicted molar refractivity (Wildman–Crippen MR) is 139 cm³/mol. The molecule has 1 N–H and O–H groups in total. The Hall–Kier alpha value is -3.32. The molecule has 0 bridgehead atoms. The molecule has 1 atom stereocenters. The van der Waals surface area contributed by atoms with Gasteiger partial charge in [-0.2, -0.15) is 0 Å². The Morgan fingerprint density at radius 3 is 2.00 bits per heavy atom. The van der Waals surface area contributed by atoms with Crippen LogP contribution in [0.5, 0.6) is 11.5 Å². The number of carbonyl (C=O) groups excluding carboxylic acids is 2. The van der Waals surface area contributed by atoms with Gasteiger partial charge in [0, 0.05) is 19.2 Å². The summed E-state index contributed by atoms with van der Waals surface area (Å²) >= 11 is 0. The van der Waals surface area contributed by atoms with Gasteiger partial charge >= 0.3 is 0 Å². The summed E-state index contributed by atoms with van der Waals surface area (Å²) < 4.78 is 16.7. The Bertz CT molecular complexity index is 1030. The topological polar surface area (TPSA) is 85.3 Å².